The van der Waals surface area contributed by atoms with Gasteiger partial charge in [0.1, 0.15) is 6.04 Å². The van der Waals surface area contributed by atoms with Crippen LogP contribution in [0.15, 0.2) is 35.3 Å². The molecule has 7 N–H and O–H groups in total. The van der Waals surface area contributed by atoms with Crippen LogP contribution in [-0.2, 0) is 16.1 Å². The lowest BCUT2D eigenvalue weighted by atomic mass is 10.1. The van der Waals surface area contributed by atoms with Gasteiger partial charge in [0.15, 0.2) is 11.2 Å². The number of H-pyrrole nitrogens is 1. The van der Waals surface area contributed by atoms with Crippen LogP contribution in [-0.4, -0.2) is 55.4 Å². The van der Waals surface area contributed by atoms with Crippen molar-refractivity contribution in [2.24, 2.45) is 5.92 Å². The molecule has 0 aliphatic carbocycles. The number of nitrogens with zero attached hydrogens (tertiary/aromatic N) is 3. The monoisotopic (exact) mass is 538 g/mol. The lowest BCUT2D eigenvalue weighted by molar-refractivity contribution is -0.139. The Bertz CT molecular complexity index is 1360. The summed E-state index contributed by atoms with van der Waals surface area (Å²) in [6, 6.07) is 5.47. The summed E-state index contributed by atoms with van der Waals surface area (Å²) in [5.41, 5.74) is 6.76. The van der Waals surface area contributed by atoms with Gasteiger partial charge in [0.2, 0.25) is 11.9 Å². The number of amides is 2. The molecule has 0 aliphatic heterocycles. The van der Waals surface area contributed by atoms with Gasteiger partial charge in [-0.2, -0.15) is 4.98 Å². The van der Waals surface area contributed by atoms with Gasteiger partial charge in [-0.25, -0.2) is 14.8 Å². The Kier molecular flexibility index (Phi) is 10.3. The number of hydrogen-bond acceptors (Lipinski definition) is 9. The number of carboxylic acids is 1. The van der Waals surface area contributed by atoms with Crippen LogP contribution in [0.4, 0.5) is 11.6 Å². The van der Waals surface area contributed by atoms with Gasteiger partial charge in [-0.3, -0.25) is 19.4 Å². The molecule has 0 aliphatic rings. The fourth-order valence-electron chi connectivity index (χ4n) is 3.91. The Morgan fingerprint density at radius 1 is 1.10 bits per heavy atom. The number of aromatic nitrogens is 4. The average Bonchev–Trinajstić information content (AvgIpc) is 2.91. The van der Waals surface area contributed by atoms with Gasteiger partial charge in [-0.1, -0.05) is 20.3 Å². The van der Waals surface area contributed by atoms with Gasteiger partial charge in [0, 0.05) is 23.7 Å². The highest BCUT2D eigenvalue weighted by Crippen LogP contribution is 2.13. The molecule has 3 rings (SSSR count). The maximum atomic E-state index is 12.6. The second kappa shape index (κ2) is 13.8. The number of aliphatic carboxylic acids is 1. The summed E-state index contributed by atoms with van der Waals surface area (Å²) in [5.74, 6) is -1.69. The molecule has 208 valence electrons. The highest BCUT2D eigenvalue weighted by molar-refractivity contribution is 5.96. The quantitative estimate of drug-likeness (QED) is 0.164. The molecule has 13 nitrogen and oxygen atoms in total. The number of anilines is 2. The third-order valence-corrected chi connectivity index (χ3v) is 6.10. The van der Waals surface area contributed by atoms with Gasteiger partial charge in [0.25, 0.3) is 11.5 Å². The number of benzene rings is 1. The minimum Gasteiger partial charge on any atom is -0.480 e. The number of hydrogen-bond donors (Lipinski definition) is 6. The van der Waals surface area contributed by atoms with Crippen molar-refractivity contribution in [2.45, 2.75) is 58.5 Å². The first kappa shape index (κ1) is 29.0. The van der Waals surface area contributed by atoms with Crippen LogP contribution < -0.4 is 27.2 Å². The van der Waals surface area contributed by atoms with E-state index >= 15 is 0 Å². The predicted molar refractivity (Wildman–Crippen MR) is 146 cm³/mol. The molecule has 0 saturated heterocycles. The van der Waals surface area contributed by atoms with Crippen LogP contribution in [0.5, 0.6) is 0 Å². The van der Waals surface area contributed by atoms with Crippen molar-refractivity contribution in [1.29, 1.82) is 0 Å². The number of carbonyl (C=O) groups is 3. The molecule has 0 saturated carbocycles. The molecule has 13 heteroatoms. The van der Waals surface area contributed by atoms with Gasteiger partial charge in [-0.15, -0.1) is 0 Å². The molecule has 0 bridgehead atoms. The molecule has 2 atom stereocenters. The lowest BCUT2D eigenvalue weighted by Gasteiger charge is -2.15. The zero-order valence-corrected chi connectivity index (χ0v) is 22.0. The summed E-state index contributed by atoms with van der Waals surface area (Å²) >= 11 is 0. The maximum Gasteiger partial charge on any atom is 0.326 e. The minimum atomic E-state index is -1.12. The Morgan fingerprint density at radius 3 is 2.54 bits per heavy atom. The molecular weight excluding hydrogens is 504 g/mol. The van der Waals surface area contributed by atoms with Gasteiger partial charge >= 0.3 is 5.97 Å². The van der Waals surface area contributed by atoms with Crippen molar-refractivity contribution in [3.63, 3.8) is 0 Å². The van der Waals surface area contributed by atoms with E-state index in [0.29, 0.717) is 36.3 Å². The van der Waals surface area contributed by atoms with Crippen LogP contribution in [0.25, 0.3) is 11.2 Å². The zero-order valence-electron chi connectivity index (χ0n) is 22.0. The van der Waals surface area contributed by atoms with Crippen molar-refractivity contribution in [3.05, 3.63) is 52.1 Å². The number of nitrogen functional groups attached to an aromatic ring is 1. The number of fused-ring (bicyclic) bond motifs is 1. The predicted octanol–water partition coefficient (Wildman–Crippen LogP) is 1.81. The fraction of sp³-hybridized carbons (Fsp3) is 0.423. The second-order valence-corrected chi connectivity index (χ2v) is 9.26. The molecule has 0 spiro atoms. The summed E-state index contributed by atoms with van der Waals surface area (Å²) in [4.78, 5) is 62.9. The zero-order chi connectivity index (χ0) is 28.4. The number of nitrogens with one attached hydrogen (secondary N) is 4. The highest BCUT2D eigenvalue weighted by atomic mass is 16.4. The minimum absolute atomic E-state index is 0.00113. The average molecular weight is 539 g/mol. The molecule has 2 aromatic heterocycles. The first-order valence-electron chi connectivity index (χ1n) is 12.8. The largest absolute Gasteiger partial charge is 0.480 e. The van der Waals surface area contributed by atoms with Crippen LogP contribution in [0.2, 0.25) is 0 Å². The third kappa shape index (κ3) is 8.48. The van der Waals surface area contributed by atoms with E-state index in [4.69, 9.17) is 5.73 Å². The highest BCUT2D eigenvalue weighted by Gasteiger charge is 2.20. The Balaban J connectivity index is 1.47. The Morgan fingerprint density at radius 2 is 1.85 bits per heavy atom. The van der Waals surface area contributed by atoms with Crippen molar-refractivity contribution >= 4 is 40.6 Å². The van der Waals surface area contributed by atoms with Crippen molar-refractivity contribution in [3.8, 4) is 0 Å². The van der Waals surface area contributed by atoms with Gasteiger partial charge in [-0.05, 0) is 49.9 Å². The number of carbonyl (C=O) groups excluding carboxylic acids is 2. The molecule has 3 aromatic rings. The van der Waals surface area contributed by atoms with E-state index in [1.165, 1.54) is 6.20 Å². The summed E-state index contributed by atoms with van der Waals surface area (Å²) in [7, 11) is 0. The van der Waals surface area contributed by atoms with E-state index in [9.17, 15) is 24.3 Å². The van der Waals surface area contributed by atoms with Crippen LogP contribution >= 0.6 is 0 Å². The first-order valence-corrected chi connectivity index (χ1v) is 12.8. The van der Waals surface area contributed by atoms with Crippen molar-refractivity contribution < 1.29 is 19.5 Å². The molecule has 1 aromatic carbocycles. The lowest BCUT2D eigenvalue weighted by Crippen LogP contribution is -2.40. The molecule has 2 amide bonds. The summed E-state index contributed by atoms with van der Waals surface area (Å²) < 4.78 is 0. The van der Waals surface area contributed by atoms with Gasteiger partial charge in [0.05, 0.1) is 18.4 Å². The topological polar surface area (TPSA) is 205 Å². The first-order chi connectivity index (χ1) is 18.7. The van der Waals surface area contributed by atoms with Crippen LogP contribution in [0, 0.1) is 5.92 Å². The summed E-state index contributed by atoms with van der Waals surface area (Å²) in [6.45, 7) is 4.64. The SMILES string of the molecule is CCC[C@H](C)C(=O)NCCCC[C@H](NC(=O)c1ccc(NCc2cnc3nc(N)[nH]c(=O)c3n2)cc1)C(=O)O. The standard InChI is InChI=1S/C26H34N8O5/c1-3-6-15(2)22(35)28-12-5-4-7-19(25(38)39)32-23(36)16-8-10-17(11-9-16)29-13-18-14-30-21-20(31-18)24(37)34-26(27)33-21/h8-11,14-15,19,29H,3-7,12-13H2,1-2H3,(H,28,35)(H,32,36)(H,38,39)(H3,27,30,33,34,37)/t15-,19-/m0/s1. The molecule has 0 unspecified atom stereocenters. The van der Waals surface area contributed by atoms with Crippen LogP contribution in [0.3, 0.4) is 0 Å². The Hall–Kier alpha value is -4.55. The summed E-state index contributed by atoms with van der Waals surface area (Å²) in [5, 5.41) is 18.1. The second-order valence-electron chi connectivity index (χ2n) is 9.26. The van der Waals surface area contributed by atoms with E-state index < -0.39 is 23.5 Å². The smallest absolute Gasteiger partial charge is 0.326 e. The number of aromatic amines is 1. The number of unbranched alkanes of at least 4 members (excludes halogenated alkanes) is 1. The Labute approximate surface area is 225 Å². The number of rotatable bonds is 14. The summed E-state index contributed by atoms with van der Waals surface area (Å²) in [6.07, 6.45) is 4.65. The normalized spacial score (nSPS) is 12.5. The van der Waals surface area contributed by atoms with Gasteiger partial charge < -0.3 is 26.8 Å². The molecule has 2 heterocycles. The molecule has 39 heavy (non-hydrogen) atoms. The fourth-order valence-corrected chi connectivity index (χ4v) is 3.91. The molecule has 0 radical (unpaired) electrons. The third-order valence-electron chi connectivity index (χ3n) is 6.10. The number of nitrogens with two attached hydrogens (primary N) is 1. The maximum absolute atomic E-state index is 12.6. The van der Waals surface area contributed by atoms with E-state index in [1.807, 2.05) is 13.8 Å². The van der Waals surface area contributed by atoms with E-state index in [-0.39, 0.29) is 41.9 Å². The van der Waals surface area contributed by atoms with Crippen LogP contribution in [0.1, 0.15) is 62.0 Å². The van der Waals surface area contributed by atoms with E-state index in [1.54, 1.807) is 24.3 Å². The van der Waals surface area contributed by atoms with E-state index in [2.05, 4.69) is 35.9 Å². The van der Waals surface area contributed by atoms with E-state index in [0.717, 1.165) is 12.8 Å². The van der Waals surface area contributed by atoms with Crippen molar-refractivity contribution in [2.75, 3.05) is 17.6 Å². The number of carboxylic acid groups (broad SMARTS) is 1. The van der Waals surface area contributed by atoms with Crippen molar-refractivity contribution in [1.82, 2.24) is 30.6 Å². The molecular formula is C26H34N8O5. The molecule has 0 fully saturated rings.